The first-order valence-electron chi connectivity index (χ1n) is 10.7. The van der Waals surface area contributed by atoms with E-state index in [9.17, 15) is 13.2 Å². The van der Waals surface area contributed by atoms with Gasteiger partial charge >= 0.3 is 0 Å². The Hall–Kier alpha value is -2.91. The van der Waals surface area contributed by atoms with Crippen LogP contribution >= 0.6 is 11.6 Å². The lowest BCUT2D eigenvalue weighted by Gasteiger charge is -2.13. The monoisotopic (exact) mass is 487 g/mol. The molecule has 0 spiro atoms. The molecule has 1 fully saturated rings. The summed E-state index contributed by atoms with van der Waals surface area (Å²) in [7, 11) is -1.33. The van der Waals surface area contributed by atoms with E-state index in [0.717, 1.165) is 11.1 Å². The summed E-state index contributed by atoms with van der Waals surface area (Å²) >= 11 is 6.48. The molecule has 2 aromatic heterocycles. The van der Waals surface area contributed by atoms with Gasteiger partial charge in [0, 0.05) is 37.0 Å². The van der Waals surface area contributed by atoms with Gasteiger partial charge in [-0.15, -0.1) is 0 Å². The zero-order valence-electron chi connectivity index (χ0n) is 18.6. The first kappa shape index (κ1) is 23.3. The van der Waals surface area contributed by atoms with Crippen molar-refractivity contribution in [3.8, 4) is 0 Å². The van der Waals surface area contributed by atoms with Crippen molar-refractivity contribution >= 4 is 33.4 Å². The molecule has 33 heavy (non-hydrogen) atoms. The van der Waals surface area contributed by atoms with Crippen LogP contribution in [0.1, 0.15) is 34.8 Å². The van der Waals surface area contributed by atoms with Crippen LogP contribution in [-0.4, -0.2) is 57.3 Å². The van der Waals surface area contributed by atoms with Gasteiger partial charge in [-0.2, -0.15) is 10.2 Å². The second-order valence-electron chi connectivity index (χ2n) is 8.35. The average Bonchev–Trinajstić information content (AvgIpc) is 3.44. The van der Waals surface area contributed by atoms with E-state index in [4.69, 9.17) is 11.6 Å². The topological polar surface area (TPSA) is 90.1 Å². The van der Waals surface area contributed by atoms with Gasteiger partial charge in [0.05, 0.1) is 36.0 Å². The highest BCUT2D eigenvalue weighted by Gasteiger charge is 2.31. The molecule has 0 bridgehead atoms. The van der Waals surface area contributed by atoms with E-state index in [1.54, 1.807) is 35.8 Å². The summed E-state index contributed by atoms with van der Waals surface area (Å²) in [5, 5.41) is 9.15. The normalized spacial score (nSPS) is 17.6. The molecular formula is C23H26ClN5O3S. The van der Waals surface area contributed by atoms with Crippen molar-refractivity contribution in [2.75, 3.05) is 18.6 Å². The highest BCUT2D eigenvalue weighted by atomic mass is 35.5. The van der Waals surface area contributed by atoms with E-state index in [0.29, 0.717) is 35.9 Å². The molecule has 10 heteroatoms. The van der Waals surface area contributed by atoms with Crippen LogP contribution in [0.5, 0.6) is 0 Å². The van der Waals surface area contributed by atoms with Gasteiger partial charge < -0.3 is 4.90 Å². The molecule has 0 radical (unpaired) electrons. The summed E-state index contributed by atoms with van der Waals surface area (Å²) < 4.78 is 27.0. The molecule has 174 valence electrons. The maximum absolute atomic E-state index is 12.7. The number of rotatable bonds is 7. The third kappa shape index (κ3) is 5.54. The van der Waals surface area contributed by atoms with E-state index < -0.39 is 9.84 Å². The summed E-state index contributed by atoms with van der Waals surface area (Å²) in [6, 6.07) is 9.78. The lowest BCUT2D eigenvalue weighted by atomic mass is 10.2. The van der Waals surface area contributed by atoms with E-state index in [1.165, 1.54) is 6.08 Å². The Labute approximate surface area is 198 Å². The van der Waals surface area contributed by atoms with Gasteiger partial charge in [-0.1, -0.05) is 41.9 Å². The smallest absolute Gasteiger partial charge is 0.246 e. The first-order valence-corrected chi connectivity index (χ1v) is 12.9. The van der Waals surface area contributed by atoms with Crippen molar-refractivity contribution in [1.29, 1.82) is 0 Å². The third-order valence-corrected chi connectivity index (χ3v) is 7.81. The number of hydrogen-bond donors (Lipinski definition) is 0. The zero-order valence-corrected chi connectivity index (χ0v) is 20.1. The standard InChI is InChI=1S/C23H26ClN5O3S/c1-17-21(23(24)29(26-17)20-10-11-33(31,32)16-20)8-9-22(30)27(2)13-19-12-25-28(15-19)14-18-6-4-3-5-7-18/h3-9,12,15,20H,10-11,13-14,16H2,1-2H3/b9-8+. The molecule has 1 unspecified atom stereocenters. The fraction of sp³-hybridized carbons (Fsp3) is 0.348. The Bertz CT molecular complexity index is 1280. The minimum atomic E-state index is -3.05. The SMILES string of the molecule is Cc1nn(C2CCS(=O)(=O)C2)c(Cl)c1/C=C/C(=O)N(C)Cc1cnn(Cc2ccccc2)c1. The van der Waals surface area contributed by atoms with E-state index in [2.05, 4.69) is 10.2 Å². The highest BCUT2D eigenvalue weighted by Crippen LogP contribution is 2.30. The summed E-state index contributed by atoms with van der Waals surface area (Å²) in [5.74, 6) is -0.00244. The predicted molar refractivity (Wildman–Crippen MR) is 128 cm³/mol. The molecule has 4 rings (SSSR count). The number of aryl methyl sites for hydroxylation is 1. The molecule has 1 amide bonds. The van der Waals surface area contributed by atoms with Crippen LogP contribution < -0.4 is 0 Å². The third-order valence-electron chi connectivity index (χ3n) is 5.69. The summed E-state index contributed by atoms with van der Waals surface area (Å²) in [4.78, 5) is 14.2. The van der Waals surface area contributed by atoms with Crippen molar-refractivity contribution in [2.24, 2.45) is 0 Å². The van der Waals surface area contributed by atoms with Crippen LogP contribution in [0.2, 0.25) is 5.15 Å². The fourth-order valence-electron chi connectivity index (χ4n) is 3.91. The fourth-order valence-corrected chi connectivity index (χ4v) is 5.98. The van der Waals surface area contributed by atoms with Crippen molar-refractivity contribution in [1.82, 2.24) is 24.5 Å². The van der Waals surface area contributed by atoms with Crippen LogP contribution in [-0.2, 0) is 27.7 Å². The molecule has 1 atom stereocenters. The van der Waals surface area contributed by atoms with E-state index >= 15 is 0 Å². The summed E-state index contributed by atoms with van der Waals surface area (Å²) in [6.45, 7) is 2.88. The lowest BCUT2D eigenvalue weighted by Crippen LogP contribution is -2.23. The Morgan fingerprint density at radius 1 is 1.27 bits per heavy atom. The Morgan fingerprint density at radius 3 is 2.73 bits per heavy atom. The van der Waals surface area contributed by atoms with Gasteiger partial charge in [0.25, 0.3) is 0 Å². The quantitative estimate of drug-likeness (QED) is 0.477. The van der Waals surface area contributed by atoms with Gasteiger partial charge in [0.15, 0.2) is 9.84 Å². The van der Waals surface area contributed by atoms with Crippen LogP contribution in [0.3, 0.4) is 0 Å². The lowest BCUT2D eigenvalue weighted by molar-refractivity contribution is -0.125. The number of carbonyl (C=O) groups is 1. The number of hydrogen-bond acceptors (Lipinski definition) is 5. The minimum Gasteiger partial charge on any atom is -0.338 e. The number of likely N-dealkylation sites (N-methyl/N-ethyl adjacent to an activating group) is 1. The molecule has 1 aromatic carbocycles. The molecule has 3 heterocycles. The molecule has 1 aliphatic rings. The highest BCUT2D eigenvalue weighted by molar-refractivity contribution is 7.91. The molecule has 1 aliphatic heterocycles. The molecule has 0 aliphatic carbocycles. The van der Waals surface area contributed by atoms with Crippen LogP contribution in [0.4, 0.5) is 0 Å². The number of aromatic nitrogens is 4. The summed E-state index contributed by atoms with van der Waals surface area (Å²) in [5.41, 5.74) is 3.36. The van der Waals surface area contributed by atoms with Gasteiger partial charge in [-0.25, -0.2) is 13.1 Å². The van der Waals surface area contributed by atoms with Crippen molar-refractivity contribution < 1.29 is 13.2 Å². The Balaban J connectivity index is 1.39. The van der Waals surface area contributed by atoms with Crippen LogP contribution in [0.15, 0.2) is 48.8 Å². The maximum atomic E-state index is 12.7. The number of halogens is 1. The van der Waals surface area contributed by atoms with Gasteiger partial charge in [0.1, 0.15) is 5.15 Å². The van der Waals surface area contributed by atoms with Gasteiger partial charge in [0.2, 0.25) is 5.91 Å². The van der Waals surface area contributed by atoms with E-state index in [-0.39, 0.29) is 23.5 Å². The second kappa shape index (κ2) is 9.52. The van der Waals surface area contributed by atoms with Gasteiger partial charge in [-0.05, 0) is 25.0 Å². The number of carbonyl (C=O) groups excluding carboxylic acids is 1. The van der Waals surface area contributed by atoms with Crippen LogP contribution in [0, 0.1) is 6.92 Å². The number of benzene rings is 1. The van der Waals surface area contributed by atoms with Crippen molar-refractivity contribution in [2.45, 2.75) is 32.5 Å². The zero-order chi connectivity index (χ0) is 23.6. The summed E-state index contributed by atoms with van der Waals surface area (Å²) in [6.07, 6.45) is 7.28. The first-order chi connectivity index (χ1) is 15.7. The number of sulfone groups is 1. The molecule has 3 aromatic rings. The number of nitrogens with zero attached hydrogens (tertiary/aromatic N) is 5. The predicted octanol–water partition coefficient (Wildman–Crippen LogP) is 3.12. The Kier molecular flexibility index (Phi) is 6.71. The minimum absolute atomic E-state index is 0.0383. The second-order valence-corrected chi connectivity index (χ2v) is 10.9. The molecular weight excluding hydrogens is 462 g/mol. The largest absolute Gasteiger partial charge is 0.338 e. The van der Waals surface area contributed by atoms with Gasteiger partial charge in [-0.3, -0.25) is 9.48 Å². The Morgan fingerprint density at radius 2 is 2.03 bits per heavy atom. The van der Waals surface area contributed by atoms with E-state index in [1.807, 2.05) is 41.2 Å². The number of amides is 1. The molecule has 0 saturated carbocycles. The van der Waals surface area contributed by atoms with Crippen LogP contribution in [0.25, 0.3) is 6.08 Å². The molecule has 1 saturated heterocycles. The molecule has 0 N–H and O–H groups in total. The van der Waals surface area contributed by atoms with Crippen molar-refractivity contribution in [3.05, 3.63) is 76.3 Å². The van der Waals surface area contributed by atoms with Crippen molar-refractivity contribution in [3.63, 3.8) is 0 Å². The average molecular weight is 488 g/mol. The molecule has 8 nitrogen and oxygen atoms in total. The maximum Gasteiger partial charge on any atom is 0.246 e.